The highest BCUT2D eigenvalue weighted by molar-refractivity contribution is 7.07. The van der Waals surface area contributed by atoms with Crippen molar-refractivity contribution in [2.75, 3.05) is 5.32 Å². The molecule has 0 aliphatic carbocycles. The van der Waals surface area contributed by atoms with Crippen LogP contribution in [0.25, 0.3) is 0 Å². The fourth-order valence-corrected chi connectivity index (χ4v) is 3.04. The number of carbonyl (C=O) groups is 1. The predicted molar refractivity (Wildman–Crippen MR) is 91.4 cm³/mol. The Hall–Kier alpha value is -2.08. The Kier molecular flexibility index (Phi) is 4.26. The number of hydrogen-bond acceptors (Lipinski definition) is 5. The van der Waals surface area contributed by atoms with Gasteiger partial charge in [-0.3, -0.25) is 4.90 Å². The number of benzene rings is 1. The number of carbonyl (C=O) groups excluding carboxylic acids is 1. The van der Waals surface area contributed by atoms with Gasteiger partial charge in [-0.1, -0.05) is 6.07 Å². The van der Waals surface area contributed by atoms with Gasteiger partial charge in [-0.05, 0) is 44.0 Å². The minimum atomic E-state index is -0.466. The van der Waals surface area contributed by atoms with Crippen LogP contribution in [0.2, 0.25) is 0 Å². The zero-order valence-corrected chi connectivity index (χ0v) is 14.4. The summed E-state index contributed by atoms with van der Waals surface area (Å²) in [6, 6.07) is 6.22. The van der Waals surface area contributed by atoms with E-state index >= 15 is 0 Å². The van der Waals surface area contributed by atoms with E-state index in [0.29, 0.717) is 19.6 Å². The lowest BCUT2D eigenvalue weighted by atomic mass is 10.1. The lowest BCUT2D eigenvalue weighted by molar-refractivity contribution is 0.0242. The summed E-state index contributed by atoms with van der Waals surface area (Å²) in [5, 5.41) is 5.40. The van der Waals surface area contributed by atoms with Crippen molar-refractivity contribution in [2.24, 2.45) is 0 Å². The quantitative estimate of drug-likeness (QED) is 0.923. The molecule has 0 spiro atoms. The minimum Gasteiger partial charge on any atom is -0.444 e. The van der Waals surface area contributed by atoms with Gasteiger partial charge in [-0.15, -0.1) is 11.3 Å². The number of hydrogen-bond donors (Lipinski definition) is 1. The van der Waals surface area contributed by atoms with E-state index in [1.165, 1.54) is 11.1 Å². The predicted octanol–water partition coefficient (Wildman–Crippen LogP) is 4.01. The summed E-state index contributed by atoms with van der Waals surface area (Å²) in [7, 11) is 0. The maximum absolute atomic E-state index is 12.2. The van der Waals surface area contributed by atoms with Crippen molar-refractivity contribution >= 4 is 23.1 Å². The van der Waals surface area contributed by atoms with Crippen LogP contribution in [0.1, 0.15) is 37.6 Å². The lowest BCUT2D eigenvalue weighted by Crippen LogP contribution is -2.33. The van der Waals surface area contributed by atoms with Gasteiger partial charge in [0, 0.05) is 24.2 Å². The van der Waals surface area contributed by atoms with Crippen molar-refractivity contribution in [2.45, 2.75) is 46.0 Å². The molecule has 1 aromatic carbocycles. The van der Waals surface area contributed by atoms with Gasteiger partial charge in [-0.2, -0.15) is 0 Å². The van der Waals surface area contributed by atoms with E-state index in [-0.39, 0.29) is 6.09 Å². The van der Waals surface area contributed by atoms with Crippen LogP contribution < -0.4 is 5.32 Å². The Labute approximate surface area is 140 Å². The average Bonchev–Trinajstić information content (AvgIpc) is 3.12. The molecule has 0 saturated carbocycles. The number of amides is 1. The number of fused-ring (bicyclic) bond motifs is 1. The zero-order chi connectivity index (χ0) is 16.4. The molecule has 2 aromatic rings. The van der Waals surface area contributed by atoms with Gasteiger partial charge in [0.25, 0.3) is 0 Å². The molecule has 0 atom stereocenters. The first-order chi connectivity index (χ1) is 10.9. The van der Waals surface area contributed by atoms with E-state index in [1.807, 2.05) is 37.7 Å². The molecule has 0 fully saturated rings. The Balaban J connectivity index is 1.63. The molecule has 1 aromatic heterocycles. The van der Waals surface area contributed by atoms with E-state index in [4.69, 9.17) is 4.74 Å². The normalized spacial score (nSPS) is 13.8. The van der Waals surface area contributed by atoms with Crippen LogP contribution >= 0.6 is 11.3 Å². The van der Waals surface area contributed by atoms with Crippen molar-refractivity contribution in [1.29, 1.82) is 0 Å². The largest absolute Gasteiger partial charge is 0.444 e. The van der Waals surface area contributed by atoms with E-state index in [2.05, 4.69) is 22.4 Å². The number of thiazole rings is 1. The molecule has 1 aliphatic rings. The summed E-state index contributed by atoms with van der Waals surface area (Å²) >= 11 is 1.59. The SMILES string of the molecule is CC(C)(C)OC(=O)N1Cc2ccc(NCc3cscn3)cc2C1. The number of ether oxygens (including phenoxy) is 1. The van der Waals surface area contributed by atoms with Crippen molar-refractivity contribution in [1.82, 2.24) is 9.88 Å². The highest BCUT2D eigenvalue weighted by atomic mass is 32.1. The molecule has 0 saturated heterocycles. The van der Waals surface area contributed by atoms with Crippen molar-refractivity contribution in [3.05, 3.63) is 45.9 Å². The first-order valence-electron chi connectivity index (χ1n) is 7.61. The zero-order valence-electron chi connectivity index (χ0n) is 13.6. The fraction of sp³-hybridized carbons (Fsp3) is 0.412. The van der Waals surface area contributed by atoms with Gasteiger partial charge < -0.3 is 10.1 Å². The van der Waals surface area contributed by atoms with E-state index in [0.717, 1.165) is 11.4 Å². The minimum absolute atomic E-state index is 0.259. The Bertz CT molecular complexity index is 692. The van der Waals surface area contributed by atoms with Crippen molar-refractivity contribution < 1.29 is 9.53 Å². The molecular formula is C17H21N3O2S. The van der Waals surface area contributed by atoms with Gasteiger partial charge in [0.05, 0.1) is 17.7 Å². The third-order valence-electron chi connectivity index (χ3n) is 3.54. The highest BCUT2D eigenvalue weighted by Gasteiger charge is 2.27. The van der Waals surface area contributed by atoms with E-state index in [9.17, 15) is 4.79 Å². The van der Waals surface area contributed by atoms with Gasteiger partial charge in [0.1, 0.15) is 5.60 Å². The van der Waals surface area contributed by atoms with Crippen LogP contribution in [-0.2, 0) is 24.4 Å². The fourth-order valence-electron chi connectivity index (χ4n) is 2.48. The maximum Gasteiger partial charge on any atom is 0.410 e. The van der Waals surface area contributed by atoms with Gasteiger partial charge in [0.15, 0.2) is 0 Å². The summed E-state index contributed by atoms with van der Waals surface area (Å²) < 4.78 is 5.44. The monoisotopic (exact) mass is 331 g/mol. The molecule has 0 unspecified atom stereocenters. The number of nitrogens with one attached hydrogen (secondary N) is 1. The van der Waals surface area contributed by atoms with Crippen LogP contribution in [0.4, 0.5) is 10.5 Å². The van der Waals surface area contributed by atoms with Crippen molar-refractivity contribution in [3.8, 4) is 0 Å². The Morgan fingerprint density at radius 3 is 2.83 bits per heavy atom. The Morgan fingerprint density at radius 2 is 2.13 bits per heavy atom. The lowest BCUT2D eigenvalue weighted by Gasteiger charge is -2.24. The molecule has 2 heterocycles. The molecule has 1 amide bonds. The summed E-state index contributed by atoms with van der Waals surface area (Å²) in [6.07, 6.45) is -0.259. The molecule has 0 radical (unpaired) electrons. The number of nitrogens with zero attached hydrogens (tertiary/aromatic N) is 2. The molecule has 1 N–H and O–H groups in total. The smallest absolute Gasteiger partial charge is 0.410 e. The number of anilines is 1. The first kappa shape index (κ1) is 15.8. The van der Waals surface area contributed by atoms with Gasteiger partial charge >= 0.3 is 6.09 Å². The summed E-state index contributed by atoms with van der Waals surface area (Å²) in [5.41, 5.74) is 5.78. The summed E-state index contributed by atoms with van der Waals surface area (Å²) in [4.78, 5) is 18.2. The summed E-state index contributed by atoms with van der Waals surface area (Å²) in [6.45, 7) is 7.56. The molecule has 122 valence electrons. The van der Waals surface area contributed by atoms with Gasteiger partial charge in [0.2, 0.25) is 0 Å². The average molecular weight is 331 g/mol. The van der Waals surface area contributed by atoms with Crippen molar-refractivity contribution in [3.63, 3.8) is 0 Å². The molecule has 23 heavy (non-hydrogen) atoms. The first-order valence-corrected chi connectivity index (χ1v) is 8.56. The van der Waals surface area contributed by atoms with Gasteiger partial charge in [-0.25, -0.2) is 9.78 Å². The maximum atomic E-state index is 12.2. The van der Waals surface area contributed by atoms with E-state index < -0.39 is 5.60 Å². The van der Waals surface area contributed by atoms with Crippen LogP contribution in [0.15, 0.2) is 29.1 Å². The second kappa shape index (κ2) is 6.20. The van der Waals surface area contributed by atoms with Crippen LogP contribution in [0, 0.1) is 0 Å². The number of aromatic nitrogens is 1. The summed E-state index contributed by atoms with van der Waals surface area (Å²) in [5.74, 6) is 0. The third-order valence-corrected chi connectivity index (χ3v) is 4.17. The van der Waals surface area contributed by atoms with E-state index in [1.54, 1.807) is 16.2 Å². The van der Waals surface area contributed by atoms with Crippen LogP contribution in [0.3, 0.4) is 0 Å². The number of rotatable bonds is 3. The van der Waals surface area contributed by atoms with Crippen LogP contribution in [-0.4, -0.2) is 21.6 Å². The second-order valence-electron chi connectivity index (χ2n) is 6.65. The standard InChI is InChI=1S/C17H21N3O2S/c1-17(2,3)22-16(21)20-8-12-4-5-14(6-13(12)9-20)18-7-15-10-23-11-19-15/h4-6,10-11,18H,7-9H2,1-3H3. The highest BCUT2D eigenvalue weighted by Crippen LogP contribution is 2.27. The molecule has 5 nitrogen and oxygen atoms in total. The molecule has 3 rings (SSSR count). The van der Waals surface area contributed by atoms with Crippen LogP contribution in [0.5, 0.6) is 0 Å². The molecular weight excluding hydrogens is 310 g/mol. The third kappa shape index (κ3) is 4.01. The Morgan fingerprint density at radius 1 is 1.35 bits per heavy atom. The molecule has 0 bridgehead atoms. The topological polar surface area (TPSA) is 54.5 Å². The molecule has 1 aliphatic heterocycles. The molecule has 6 heteroatoms. The second-order valence-corrected chi connectivity index (χ2v) is 7.37.